The lowest BCUT2D eigenvalue weighted by atomic mass is 9.96. The molecule has 1 aliphatic heterocycles. The van der Waals surface area contributed by atoms with Crippen LogP contribution < -0.4 is 0 Å². The maximum absolute atomic E-state index is 12.0. The normalized spacial score (nSPS) is 15.7. The van der Waals surface area contributed by atoms with Crippen LogP contribution in [-0.2, 0) is 4.74 Å². The molecule has 4 nitrogen and oxygen atoms in total. The summed E-state index contributed by atoms with van der Waals surface area (Å²) in [4.78, 5) is 18.4. The van der Waals surface area contributed by atoms with Gasteiger partial charge in [-0.25, -0.2) is 4.79 Å². The van der Waals surface area contributed by atoms with E-state index in [9.17, 15) is 4.79 Å². The second kappa shape index (κ2) is 5.54. The van der Waals surface area contributed by atoms with Crippen molar-refractivity contribution in [3.8, 4) is 0 Å². The molecule has 0 aliphatic carbocycles. The predicted molar refractivity (Wildman–Crippen MR) is 90.0 cm³/mol. The summed E-state index contributed by atoms with van der Waals surface area (Å²) in [6.45, 7) is 6.98. The molecule has 1 aliphatic rings. The van der Waals surface area contributed by atoms with Gasteiger partial charge in [0.05, 0.1) is 5.52 Å². The van der Waals surface area contributed by atoms with Crippen LogP contribution in [0, 0.1) is 0 Å². The molecule has 0 saturated carbocycles. The Bertz CT molecular complexity index is 718. The van der Waals surface area contributed by atoms with Gasteiger partial charge in [-0.3, -0.25) is 4.98 Å². The van der Waals surface area contributed by atoms with Crippen LogP contribution in [0.1, 0.15) is 32.4 Å². The molecule has 0 N–H and O–H groups in total. The third-order valence-electron chi connectivity index (χ3n) is 3.63. The van der Waals surface area contributed by atoms with Gasteiger partial charge in [0.1, 0.15) is 5.60 Å². The Morgan fingerprint density at radius 3 is 2.64 bits per heavy atom. The van der Waals surface area contributed by atoms with E-state index >= 15 is 0 Å². The number of aromatic nitrogens is 1. The number of hydrogen-bond acceptors (Lipinski definition) is 3. The van der Waals surface area contributed by atoms with E-state index in [1.165, 1.54) is 0 Å². The van der Waals surface area contributed by atoms with Crippen LogP contribution in [0.15, 0.2) is 34.8 Å². The van der Waals surface area contributed by atoms with Gasteiger partial charge < -0.3 is 9.64 Å². The molecule has 1 saturated heterocycles. The highest BCUT2D eigenvalue weighted by Gasteiger charge is 2.35. The van der Waals surface area contributed by atoms with Crippen molar-refractivity contribution >= 4 is 32.9 Å². The maximum atomic E-state index is 12.0. The first-order valence-corrected chi connectivity index (χ1v) is 8.15. The molecule has 0 atom stereocenters. The number of likely N-dealkylation sites (tertiary alicyclic amines) is 1. The Morgan fingerprint density at radius 1 is 1.27 bits per heavy atom. The second-order valence-electron chi connectivity index (χ2n) is 6.66. The molecule has 3 rings (SSSR count). The fraction of sp³-hybridized carbons (Fsp3) is 0.412. The first kappa shape index (κ1) is 15.3. The quantitative estimate of drug-likeness (QED) is 0.757. The molecule has 22 heavy (non-hydrogen) atoms. The van der Waals surface area contributed by atoms with Gasteiger partial charge in [0.2, 0.25) is 0 Å². The summed E-state index contributed by atoms with van der Waals surface area (Å²) in [5.41, 5.74) is 1.56. The highest BCUT2D eigenvalue weighted by atomic mass is 79.9. The third kappa shape index (κ3) is 3.24. The number of amides is 1. The molecule has 5 heteroatoms. The minimum absolute atomic E-state index is 0.243. The molecule has 1 aromatic heterocycles. The molecule has 116 valence electrons. The van der Waals surface area contributed by atoms with Crippen molar-refractivity contribution in [2.24, 2.45) is 0 Å². The van der Waals surface area contributed by atoms with Crippen molar-refractivity contribution in [1.82, 2.24) is 9.88 Å². The number of carbonyl (C=O) groups is 1. The maximum Gasteiger partial charge on any atom is 0.410 e. The van der Waals surface area contributed by atoms with Gasteiger partial charge in [-0.05, 0) is 39.0 Å². The monoisotopic (exact) mass is 362 g/mol. The smallest absolute Gasteiger partial charge is 0.410 e. The first-order chi connectivity index (χ1) is 10.3. The van der Waals surface area contributed by atoms with Crippen LogP contribution in [0.5, 0.6) is 0 Å². The highest BCUT2D eigenvalue weighted by Crippen LogP contribution is 2.29. The van der Waals surface area contributed by atoms with Crippen molar-refractivity contribution in [2.45, 2.75) is 32.3 Å². The molecule has 0 spiro atoms. The second-order valence-corrected chi connectivity index (χ2v) is 7.57. The molecular weight excluding hydrogens is 344 g/mol. The molecule has 1 aromatic carbocycles. The summed E-state index contributed by atoms with van der Waals surface area (Å²) in [6.07, 6.45) is -0.243. The largest absolute Gasteiger partial charge is 0.444 e. The number of hydrogen-bond donors (Lipinski definition) is 0. The van der Waals surface area contributed by atoms with E-state index in [4.69, 9.17) is 9.72 Å². The molecule has 2 aromatic rings. The summed E-state index contributed by atoms with van der Waals surface area (Å²) in [5.74, 6) is 0.288. The van der Waals surface area contributed by atoms with Gasteiger partial charge in [0, 0.05) is 34.6 Å². The van der Waals surface area contributed by atoms with E-state index in [2.05, 4.69) is 22.0 Å². The van der Waals surface area contributed by atoms with Gasteiger partial charge in [0.15, 0.2) is 0 Å². The van der Waals surface area contributed by atoms with Crippen molar-refractivity contribution in [1.29, 1.82) is 0 Å². The Balaban J connectivity index is 1.69. The number of fused-ring (bicyclic) bond motifs is 1. The lowest BCUT2D eigenvalue weighted by Crippen LogP contribution is -2.50. The van der Waals surface area contributed by atoms with Gasteiger partial charge in [0.25, 0.3) is 0 Å². The Labute approximate surface area is 138 Å². The van der Waals surface area contributed by atoms with Crippen LogP contribution >= 0.6 is 15.9 Å². The molecule has 2 heterocycles. The average Bonchev–Trinajstić information content (AvgIpc) is 2.34. The Morgan fingerprint density at radius 2 is 1.95 bits per heavy atom. The molecule has 0 radical (unpaired) electrons. The van der Waals surface area contributed by atoms with Gasteiger partial charge in [-0.2, -0.15) is 0 Å². The average molecular weight is 363 g/mol. The van der Waals surface area contributed by atoms with E-state index < -0.39 is 5.60 Å². The van der Waals surface area contributed by atoms with Crippen molar-refractivity contribution in [3.63, 3.8) is 0 Å². The minimum Gasteiger partial charge on any atom is -0.444 e. The summed E-state index contributed by atoms with van der Waals surface area (Å²) in [6, 6.07) is 10.2. The zero-order valence-corrected chi connectivity index (χ0v) is 14.6. The summed E-state index contributed by atoms with van der Waals surface area (Å²) in [5, 5.41) is 1.12. The molecule has 0 unspecified atom stereocenters. The highest BCUT2D eigenvalue weighted by molar-refractivity contribution is 9.10. The van der Waals surface area contributed by atoms with E-state index in [0.717, 1.165) is 21.1 Å². The van der Waals surface area contributed by atoms with Crippen LogP contribution in [0.25, 0.3) is 10.9 Å². The summed E-state index contributed by atoms with van der Waals surface area (Å²) >= 11 is 3.47. The zero-order valence-electron chi connectivity index (χ0n) is 13.0. The number of benzene rings is 1. The third-order valence-corrected chi connectivity index (χ3v) is 4.12. The zero-order chi connectivity index (χ0) is 15.9. The van der Waals surface area contributed by atoms with Crippen LogP contribution in [0.4, 0.5) is 4.79 Å². The fourth-order valence-electron chi connectivity index (χ4n) is 2.47. The van der Waals surface area contributed by atoms with Crippen LogP contribution in [0.2, 0.25) is 0 Å². The van der Waals surface area contributed by atoms with E-state index in [-0.39, 0.29) is 12.0 Å². The minimum atomic E-state index is -0.449. The number of nitrogens with zero attached hydrogens (tertiary/aromatic N) is 2. The summed E-state index contributed by atoms with van der Waals surface area (Å²) in [7, 11) is 0. The van der Waals surface area contributed by atoms with Crippen LogP contribution in [0.3, 0.4) is 0 Å². The fourth-order valence-corrected chi connectivity index (χ4v) is 2.82. The first-order valence-electron chi connectivity index (χ1n) is 7.36. The van der Waals surface area contributed by atoms with Gasteiger partial charge in [-0.15, -0.1) is 0 Å². The topological polar surface area (TPSA) is 42.4 Å². The number of pyridine rings is 1. The number of ether oxygens (including phenoxy) is 1. The Hall–Kier alpha value is -1.62. The van der Waals surface area contributed by atoms with Crippen LogP contribution in [-0.4, -0.2) is 34.7 Å². The standard InChI is InChI=1S/C17H19BrN2O2/c1-17(2,3)22-16(21)20-9-12(10-20)14-7-5-11-4-6-13(18)8-15(11)19-14/h4-8,12H,9-10H2,1-3H3. The number of carbonyl (C=O) groups excluding carboxylic acids is 1. The van der Waals surface area contributed by atoms with Crippen molar-refractivity contribution in [3.05, 3.63) is 40.5 Å². The SMILES string of the molecule is CC(C)(C)OC(=O)N1CC(c2ccc3ccc(Br)cc3n2)C1. The van der Waals surface area contributed by atoms with Crippen molar-refractivity contribution < 1.29 is 9.53 Å². The molecule has 1 amide bonds. The lowest BCUT2D eigenvalue weighted by molar-refractivity contribution is 0.00790. The Kier molecular flexibility index (Phi) is 3.85. The molecular formula is C17H19BrN2O2. The molecule has 0 bridgehead atoms. The van der Waals surface area contributed by atoms with E-state index in [1.807, 2.05) is 45.0 Å². The van der Waals surface area contributed by atoms with Crippen molar-refractivity contribution in [2.75, 3.05) is 13.1 Å². The number of rotatable bonds is 1. The predicted octanol–water partition coefficient (Wildman–Crippen LogP) is 4.33. The van der Waals surface area contributed by atoms with E-state index in [0.29, 0.717) is 13.1 Å². The summed E-state index contributed by atoms with van der Waals surface area (Å²) < 4.78 is 6.39. The lowest BCUT2D eigenvalue weighted by Gasteiger charge is -2.39. The molecule has 1 fully saturated rings. The number of halogens is 1. The van der Waals surface area contributed by atoms with E-state index in [1.54, 1.807) is 4.90 Å². The van der Waals surface area contributed by atoms with Gasteiger partial charge in [-0.1, -0.05) is 28.1 Å². The van der Waals surface area contributed by atoms with Gasteiger partial charge >= 0.3 is 6.09 Å².